The van der Waals surface area contributed by atoms with Crippen molar-refractivity contribution >= 4 is 5.91 Å². The molecule has 0 radical (unpaired) electrons. The van der Waals surface area contributed by atoms with Gasteiger partial charge in [-0.05, 0) is 43.7 Å². The monoisotopic (exact) mass is 305 g/mol. The number of carbonyl (C=O) groups excluding carboxylic acids is 1. The first-order chi connectivity index (χ1) is 10.5. The van der Waals surface area contributed by atoms with Gasteiger partial charge in [0.2, 0.25) is 5.91 Å². The smallest absolute Gasteiger partial charge is 0.227 e. The van der Waals surface area contributed by atoms with Crippen LogP contribution in [-0.4, -0.2) is 17.1 Å². The molecule has 0 aliphatic carbocycles. The van der Waals surface area contributed by atoms with Gasteiger partial charge < -0.3 is 14.8 Å². The Balaban J connectivity index is 1.90. The molecule has 0 fully saturated rings. The summed E-state index contributed by atoms with van der Waals surface area (Å²) in [5.41, 5.74) is 0.622. The molecule has 0 aliphatic heterocycles. The molecule has 118 valence electrons. The lowest BCUT2D eigenvalue weighted by molar-refractivity contribution is -0.123. The van der Waals surface area contributed by atoms with E-state index in [2.05, 4.69) is 5.32 Å². The fourth-order valence-corrected chi connectivity index (χ4v) is 2.29. The molecule has 0 saturated heterocycles. The number of halogens is 1. The minimum Gasteiger partial charge on any atom is -0.467 e. The summed E-state index contributed by atoms with van der Waals surface area (Å²) in [5.74, 6) is -0.554. The molecule has 0 bridgehead atoms. The van der Waals surface area contributed by atoms with Crippen LogP contribution in [0.3, 0.4) is 0 Å². The summed E-state index contributed by atoms with van der Waals surface area (Å²) in [6.45, 7) is 3.53. The highest BCUT2D eigenvalue weighted by molar-refractivity contribution is 5.83. The van der Waals surface area contributed by atoms with Crippen molar-refractivity contribution in [1.29, 1.82) is 0 Å². The van der Waals surface area contributed by atoms with Crippen LogP contribution in [0.4, 0.5) is 4.39 Å². The SMILES string of the molecule is CC(CC(O)c1ccco1)NC(=O)C(C)c1cccc(F)c1. The van der Waals surface area contributed by atoms with Crippen molar-refractivity contribution in [3.63, 3.8) is 0 Å². The van der Waals surface area contributed by atoms with Crippen molar-refractivity contribution in [3.05, 3.63) is 59.8 Å². The third-order valence-corrected chi connectivity index (χ3v) is 3.58. The van der Waals surface area contributed by atoms with Crippen LogP contribution < -0.4 is 5.32 Å². The van der Waals surface area contributed by atoms with Gasteiger partial charge in [-0.1, -0.05) is 12.1 Å². The summed E-state index contributed by atoms with van der Waals surface area (Å²) < 4.78 is 18.3. The van der Waals surface area contributed by atoms with E-state index in [0.717, 1.165) is 0 Å². The minimum absolute atomic E-state index is 0.204. The van der Waals surface area contributed by atoms with E-state index < -0.39 is 12.0 Å². The number of benzene rings is 1. The molecule has 3 atom stereocenters. The summed E-state index contributed by atoms with van der Waals surface area (Å²) in [7, 11) is 0. The van der Waals surface area contributed by atoms with Gasteiger partial charge in [0, 0.05) is 12.5 Å². The molecule has 0 spiro atoms. The Bertz CT molecular complexity index is 612. The Morgan fingerprint density at radius 3 is 2.73 bits per heavy atom. The predicted molar refractivity (Wildman–Crippen MR) is 80.7 cm³/mol. The molecule has 2 N–H and O–H groups in total. The summed E-state index contributed by atoms with van der Waals surface area (Å²) in [4.78, 5) is 12.2. The number of aliphatic hydroxyl groups excluding tert-OH is 1. The number of rotatable bonds is 6. The lowest BCUT2D eigenvalue weighted by atomic mass is 9.99. The lowest BCUT2D eigenvalue weighted by Gasteiger charge is -2.19. The van der Waals surface area contributed by atoms with Gasteiger partial charge in [0.15, 0.2) is 0 Å². The molecule has 3 unspecified atom stereocenters. The molecule has 1 amide bonds. The zero-order chi connectivity index (χ0) is 16.1. The summed E-state index contributed by atoms with van der Waals surface area (Å²) in [6, 6.07) is 9.16. The van der Waals surface area contributed by atoms with E-state index in [1.54, 1.807) is 31.2 Å². The van der Waals surface area contributed by atoms with E-state index in [0.29, 0.717) is 17.7 Å². The molecule has 1 heterocycles. The van der Waals surface area contributed by atoms with Crippen LogP contribution >= 0.6 is 0 Å². The van der Waals surface area contributed by atoms with Gasteiger partial charge in [-0.3, -0.25) is 4.79 Å². The Labute approximate surface area is 129 Å². The van der Waals surface area contributed by atoms with Crippen LogP contribution in [0.25, 0.3) is 0 Å². The number of aliphatic hydroxyl groups is 1. The van der Waals surface area contributed by atoms with Gasteiger partial charge in [-0.15, -0.1) is 0 Å². The maximum Gasteiger partial charge on any atom is 0.227 e. The first kappa shape index (κ1) is 16.2. The normalized spacial score (nSPS) is 15.1. The average Bonchev–Trinajstić information content (AvgIpc) is 3.00. The number of hydrogen-bond acceptors (Lipinski definition) is 3. The molecule has 1 aromatic heterocycles. The molecule has 5 heteroatoms. The number of nitrogens with one attached hydrogen (secondary N) is 1. The van der Waals surface area contributed by atoms with Crippen molar-refractivity contribution in [2.75, 3.05) is 0 Å². The minimum atomic E-state index is -0.769. The third kappa shape index (κ3) is 4.18. The lowest BCUT2D eigenvalue weighted by Crippen LogP contribution is -2.36. The fraction of sp³-hybridized carbons (Fsp3) is 0.353. The average molecular weight is 305 g/mol. The van der Waals surface area contributed by atoms with E-state index in [1.807, 2.05) is 6.92 Å². The molecule has 22 heavy (non-hydrogen) atoms. The highest BCUT2D eigenvalue weighted by Gasteiger charge is 2.20. The molecule has 4 nitrogen and oxygen atoms in total. The van der Waals surface area contributed by atoms with Gasteiger partial charge in [0.05, 0.1) is 12.2 Å². The highest BCUT2D eigenvalue weighted by atomic mass is 19.1. The molecule has 0 aliphatic rings. The Kier molecular flexibility index (Phi) is 5.33. The summed E-state index contributed by atoms with van der Waals surface area (Å²) in [5, 5.41) is 12.8. The molecule has 2 rings (SSSR count). The van der Waals surface area contributed by atoms with Gasteiger partial charge in [-0.25, -0.2) is 4.39 Å². The van der Waals surface area contributed by atoms with Gasteiger partial charge >= 0.3 is 0 Å². The maximum absolute atomic E-state index is 13.2. The van der Waals surface area contributed by atoms with Crippen molar-refractivity contribution < 1.29 is 18.7 Å². The standard InChI is InChI=1S/C17H20FNO3/c1-11(9-15(20)16-7-4-8-22-16)19-17(21)12(2)13-5-3-6-14(18)10-13/h3-8,10-12,15,20H,9H2,1-2H3,(H,19,21). The molecular formula is C17H20FNO3. The van der Waals surface area contributed by atoms with Crippen LogP contribution in [0.1, 0.15) is 43.6 Å². The van der Waals surface area contributed by atoms with Crippen LogP contribution in [0.15, 0.2) is 47.1 Å². The van der Waals surface area contributed by atoms with E-state index in [9.17, 15) is 14.3 Å². The number of hydrogen-bond donors (Lipinski definition) is 2. The van der Waals surface area contributed by atoms with Gasteiger partial charge in [0.1, 0.15) is 17.7 Å². The van der Waals surface area contributed by atoms with Crippen molar-refractivity contribution in [1.82, 2.24) is 5.32 Å². The zero-order valence-electron chi connectivity index (χ0n) is 12.6. The molecule has 0 saturated carbocycles. The van der Waals surface area contributed by atoms with E-state index in [1.165, 1.54) is 18.4 Å². The van der Waals surface area contributed by atoms with E-state index in [-0.39, 0.29) is 17.8 Å². The van der Waals surface area contributed by atoms with E-state index >= 15 is 0 Å². The quantitative estimate of drug-likeness (QED) is 0.862. The van der Waals surface area contributed by atoms with Gasteiger partial charge in [0.25, 0.3) is 0 Å². The first-order valence-electron chi connectivity index (χ1n) is 7.24. The number of furan rings is 1. The number of amides is 1. The summed E-state index contributed by atoms with van der Waals surface area (Å²) >= 11 is 0. The second-order valence-corrected chi connectivity index (χ2v) is 5.45. The predicted octanol–water partition coefficient (Wildman–Crippen LogP) is 3.15. The molecule has 1 aromatic carbocycles. The highest BCUT2D eigenvalue weighted by Crippen LogP contribution is 2.20. The Morgan fingerprint density at radius 1 is 1.32 bits per heavy atom. The topological polar surface area (TPSA) is 62.5 Å². The van der Waals surface area contributed by atoms with Crippen molar-refractivity contribution in [2.24, 2.45) is 0 Å². The Morgan fingerprint density at radius 2 is 2.09 bits per heavy atom. The van der Waals surface area contributed by atoms with Crippen molar-refractivity contribution in [3.8, 4) is 0 Å². The van der Waals surface area contributed by atoms with Crippen LogP contribution in [0.5, 0.6) is 0 Å². The second-order valence-electron chi connectivity index (χ2n) is 5.45. The van der Waals surface area contributed by atoms with Crippen LogP contribution in [0.2, 0.25) is 0 Å². The first-order valence-corrected chi connectivity index (χ1v) is 7.24. The maximum atomic E-state index is 13.2. The van der Waals surface area contributed by atoms with Crippen molar-refractivity contribution in [2.45, 2.75) is 38.3 Å². The number of carbonyl (C=O) groups is 1. The molecular weight excluding hydrogens is 285 g/mol. The van der Waals surface area contributed by atoms with Crippen LogP contribution in [0, 0.1) is 5.82 Å². The second kappa shape index (κ2) is 7.22. The zero-order valence-corrected chi connectivity index (χ0v) is 12.6. The summed E-state index contributed by atoms with van der Waals surface area (Å²) in [6.07, 6.45) is 1.07. The largest absolute Gasteiger partial charge is 0.467 e. The fourth-order valence-electron chi connectivity index (χ4n) is 2.29. The van der Waals surface area contributed by atoms with E-state index in [4.69, 9.17) is 4.42 Å². The molecule has 2 aromatic rings. The Hall–Kier alpha value is -2.14. The van der Waals surface area contributed by atoms with Gasteiger partial charge in [-0.2, -0.15) is 0 Å². The third-order valence-electron chi connectivity index (χ3n) is 3.58. The van der Waals surface area contributed by atoms with Crippen LogP contribution in [-0.2, 0) is 4.79 Å².